The molecule has 1 heteroatoms. The zero-order chi connectivity index (χ0) is 12.7. The van der Waals surface area contributed by atoms with Gasteiger partial charge >= 0.3 is 0 Å². The average molecular weight is 239 g/mol. The summed E-state index contributed by atoms with van der Waals surface area (Å²) in [5.74, 6) is 3.39. The lowest BCUT2D eigenvalue weighted by Crippen LogP contribution is -2.32. The van der Waals surface area contributed by atoms with Gasteiger partial charge in [0.15, 0.2) is 0 Å². The average Bonchev–Trinajstić information content (AvgIpc) is 2.51. The minimum atomic E-state index is 0.802. The maximum atomic E-state index is 3.75. The molecule has 1 nitrogen and oxygen atoms in total. The molecule has 1 fully saturated rings. The zero-order valence-corrected chi connectivity index (χ0v) is 12.5. The van der Waals surface area contributed by atoms with Crippen molar-refractivity contribution in [1.82, 2.24) is 5.32 Å². The fourth-order valence-electron chi connectivity index (χ4n) is 3.26. The lowest BCUT2D eigenvalue weighted by atomic mass is 9.85. The van der Waals surface area contributed by atoms with Crippen molar-refractivity contribution in [2.45, 2.75) is 66.2 Å². The summed E-state index contributed by atoms with van der Waals surface area (Å²) in [5.41, 5.74) is 0. The molecule has 0 spiro atoms. The van der Waals surface area contributed by atoms with Crippen LogP contribution in [0.25, 0.3) is 0 Å². The molecule has 0 aromatic carbocycles. The van der Waals surface area contributed by atoms with E-state index in [0.29, 0.717) is 0 Å². The van der Waals surface area contributed by atoms with E-state index in [1.807, 2.05) is 0 Å². The summed E-state index contributed by atoms with van der Waals surface area (Å²) >= 11 is 0. The van der Waals surface area contributed by atoms with Gasteiger partial charge in [-0.05, 0) is 49.6 Å². The van der Waals surface area contributed by atoms with Crippen LogP contribution in [0.3, 0.4) is 0 Å². The Bertz CT molecular complexity index is 170. The van der Waals surface area contributed by atoms with Crippen molar-refractivity contribution in [2.75, 3.05) is 13.1 Å². The summed E-state index contributed by atoms with van der Waals surface area (Å²) in [6.45, 7) is 11.9. The van der Waals surface area contributed by atoms with Gasteiger partial charge in [-0.3, -0.25) is 0 Å². The quantitative estimate of drug-likeness (QED) is 0.674. The minimum Gasteiger partial charge on any atom is -0.316 e. The summed E-state index contributed by atoms with van der Waals surface area (Å²) < 4.78 is 0. The molecule has 0 aromatic rings. The van der Waals surface area contributed by atoms with E-state index in [0.717, 1.165) is 23.7 Å². The second-order valence-electron chi connectivity index (χ2n) is 6.67. The highest BCUT2D eigenvalue weighted by atomic mass is 14.9. The Hall–Kier alpha value is -0.0400. The van der Waals surface area contributed by atoms with Crippen LogP contribution in [0.5, 0.6) is 0 Å². The molecule has 1 N–H and O–H groups in total. The van der Waals surface area contributed by atoms with Gasteiger partial charge in [-0.1, -0.05) is 53.4 Å². The molecule has 0 bridgehead atoms. The summed E-state index contributed by atoms with van der Waals surface area (Å²) in [6.07, 6.45) is 8.78. The maximum Gasteiger partial charge on any atom is -0.00155 e. The Morgan fingerprint density at radius 2 is 1.41 bits per heavy atom. The molecule has 0 saturated heterocycles. The molecule has 0 heterocycles. The second-order valence-corrected chi connectivity index (χ2v) is 6.67. The topological polar surface area (TPSA) is 12.0 Å². The first-order valence-corrected chi connectivity index (χ1v) is 7.82. The van der Waals surface area contributed by atoms with Crippen molar-refractivity contribution < 1.29 is 0 Å². The van der Waals surface area contributed by atoms with E-state index >= 15 is 0 Å². The largest absolute Gasteiger partial charge is 0.316 e. The third-order valence-electron chi connectivity index (χ3n) is 4.50. The van der Waals surface area contributed by atoms with Crippen LogP contribution in [-0.2, 0) is 0 Å². The molecule has 1 saturated carbocycles. The van der Waals surface area contributed by atoms with Gasteiger partial charge in [0.05, 0.1) is 0 Å². The van der Waals surface area contributed by atoms with Crippen molar-refractivity contribution in [3.8, 4) is 0 Å². The van der Waals surface area contributed by atoms with Crippen LogP contribution < -0.4 is 5.32 Å². The van der Waals surface area contributed by atoms with Crippen molar-refractivity contribution in [3.05, 3.63) is 0 Å². The molecule has 102 valence electrons. The number of hydrogen-bond donors (Lipinski definition) is 1. The predicted molar refractivity (Wildman–Crippen MR) is 77.2 cm³/mol. The Labute approximate surface area is 109 Å². The van der Waals surface area contributed by atoms with Crippen molar-refractivity contribution in [1.29, 1.82) is 0 Å². The van der Waals surface area contributed by atoms with E-state index < -0.39 is 0 Å². The van der Waals surface area contributed by atoms with Crippen LogP contribution in [0.4, 0.5) is 0 Å². The van der Waals surface area contributed by atoms with Gasteiger partial charge in [0.2, 0.25) is 0 Å². The fourth-order valence-corrected chi connectivity index (χ4v) is 3.26. The van der Waals surface area contributed by atoms with Crippen molar-refractivity contribution in [2.24, 2.45) is 23.7 Å². The van der Waals surface area contributed by atoms with E-state index in [9.17, 15) is 0 Å². The van der Waals surface area contributed by atoms with E-state index in [2.05, 4.69) is 33.0 Å². The highest BCUT2D eigenvalue weighted by Crippen LogP contribution is 2.23. The summed E-state index contributed by atoms with van der Waals surface area (Å²) in [6, 6.07) is 0. The Balaban J connectivity index is 2.20. The van der Waals surface area contributed by atoms with Crippen molar-refractivity contribution in [3.63, 3.8) is 0 Å². The van der Waals surface area contributed by atoms with Crippen LogP contribution in [0.15, 0.2) is 0 Å². The molecule has 0 aliphatic heterocycles. The smallest absolute Gasteiger partial charge is 0.00155 e. The Morgan fingerprint density at radius 1 is 0.882 bits per heavy atom. The lowest BCUT2D eigenvalue weighted by Gasteiger charge is -2.26. The standard InChI is InChI=1S/C16H33N/c1-13(2)16(14(3)4)12-17-11-15-9-7-5-6-8-10-15/h13-17H,5-12H2,1-4H3. The summed E-state index contributed by atoms with van der Waals surface area (Å²) in [4.78, 5) is 0. The first-order chi connectivity index (χ1) is 8.11. The monoisotopic (exact) mass is 239 g/mol. The van der Waals surface area contributed by atoms with Gasteiger partial charge in [-0.2, -0.15) is 0 Å². The fraction of sp³-hybridized carbons (Fsp3) is 1.00. The molecule has 17 heavy (non-hydrogen) atoms. The molecular formula is C16H33N. The number of hydrogen-bond acceptors (Lipinski definition) is 1. The Kier molecular flexibility index (Phi) is 7.18. The van der Waals surface area contributed by atoms with Gasteiger partial charge in [0.25, 0.3) is 0 Å². The van der Waals surface area contributed by atoms with E-state index in [1.165, 1.54) is 51.6 Å². The second kappa shape index (κ2) is 8.13. The summed E-state index contributed by atoms with van der Waals surface area (Å²) in [7, 11) is 0. The van der Waals surface area contributed by atoms with Crippen LogP contribution in [-0.4, -0.2) is 13.1 Å². The van der Waals surface area contributed by atoms with Crippen LogP contribution >= 0.6 is 0 Å². The Morgan fingerprint density at radius 3 is 1.88 bits per heavy atom. The van der Waals surface area contributed by atoms with E-state index in [-0.39, 0.29) is 0 Å². The highest BCUT2D eigenvalue weighted by molar-refractivity contribution is 4.72. The number of nitrogens with one attached hydrogen (secondary N) is 1. The molecule has 0 unspecified atom stereocenters. The van der Waals surface area contributed by atoms with Gasteiger partial charge in [-0.25, -0.2) is 0 Å². The molecule has 0 atom stereocenters. The van der Waals surface area contributed by atoms with Gasteiger partial charge in [0, 0.05) is 0 Å². The van der Waals surface area contributed by atoms with E-state index in [1.54, 1.807) is 0 Å². The SMILES string of the molecule is CC(C)C(CNCC1CCCCCC1)C(C)C. The molecule has 1 aliphatic rings. The minimum absolute atomic E-state index is 0.802. The molecule has 1 aliphatic carbocycles. The molecule has 0 aromatic heterocycles. The lowest BCUT2D eigenvalue weighted by molar-refractivity contribution is 0.267. The predicted octanol–water partition coefficient (Wildman–Crippen LogP) is 4.47. The third kappa shape index (κ3) is 5.90. The van der Waals surface area contributed by atoms with Crippen LogP contribution in [0.2, 0.25) is 0 Å². The first kappa shape index (κ1) is 15.0. The molecule has 0 radical (unpaired) electrons. The summed E-state index contributed by atoms with van der Waals surface area (Å²) in [5, 5.41) is 3.75. The van der Waals surface area contributed by atoms with Gasteiger partial charge in [0.1, 0.15) is 0 Å². The third-order valence-corrected chi connectivity index (χ3v) is 4.50. The highest BCUT2D eigenvalue weighted by Gasteiger charge is 2.18. The number of rotatable bonds is 6. The van der Waals surface area contributed by atoms with Crippen LogP contribution in [0, 0.1) is 23.7 Å². The van der Waals surface area contributed by atoms with Crippen molar-refractivity contribution >= 4 is 0 Å². The molecular weight excluding hydrogens is 206 g/mol. The van der Waals surface area contributed by atoms with Gasteiger partial charge in [-0.15, -0.1) is 0 Å². The molecule has 1 rings (SSSR count). The zero-order valence-electron chi connectivity index (χ0n) is 12.5. The van der Waals surface area contributed by atoms with Gasteiger partial charge < -0.3 is 5.32 Å². The normalized spacial score (nSPS) is 19.2. The van der Waals surface area contributed by atoms with E-state index in [4.69, 9.17) is 0 Å². The maximum absolute atomic E-state index is 3.75. The van der Waals surface area contributed by atoms with Crippen LogP contribution in [0.1, 0.15) is 66.2 Å². The first-order valence-electron chi connectivity index (χ1n) is 7.82. The molecule has 0 amide bonds.